The van der Waals surface area contributed by atoms with Crippen LogP contribution in [0.4, 0.5) is 10.5 Å². The summed E-state index contributed by atoms with van der Waals surface area (Å²) in [6.45, 7) is 3.00. The van der Waals surface area contributed by atoms with Crippen LogP contribution in [0.15, 0.2) is 24.3 Å². The van der Waals surface area contributed by atoms with Crippen molar-refractivity contribution < 1.29 is 26.9 Å². The largest absolute Gasteiger partial charge is 0.380 e. The van der Waals surface area contributed by atoms with Crippen LogP contribution in [0.2, 0.25) is 0 Å². The number of unbranched alkanes of at least 4 members (excludes halogenated alkanes) is 3. The van der Waals surface area contributed by atoms with Crippen molar-refractivity contribution in [3.05, 3.63) is 29.8 Å². The predicted molar refractivity (Wildman–Crippen MR) is 114 cm³/mol. The van der Waals surface area contributed by atoms with E-state index < -0.39 is 10.1 Å². The number of carbonyl (C=O) groups is 2. The lowest BCUT2D eigenvalue weighted by Gasteiger charge is -2.18. The fourth-order valence-corrected chi connectivity index (χ4v) is 3.48. The van der Waals surface area contributed by atoms with Crippen LogP contribution >= 0.6 is 0 Å². The number of likely N-dealkylation sites (N-methyl/N-ethyl adjacent to an activating group) is 1. The third kappa shape index (κ3) is 8.78. The van der Waals surface area contributed by atoms with Gasteiger partial charge < -0.3 is 10.1 Å². The van der Waals surface area contributed by atoms with E-state index in [-0.39, 0.29) is 25.1 Å². The van der Waals surface area contributed by atoms with Crippen LogP contribution in [-0.4, -0.2) is 71.5 Å². The van der Waals surface area contributed by atoms with Crippen molar-refractivity contribution >= 4 is 27.7 Å². The summed E-state index contributed by atoms with van der Waals surface area (Å²) < 4.78 is 32.0. The Hall–Kier alpha value is -2.01. The topological polar surface area (TPSA) is 105 Å². The minimum absolute atomic E-state index is 0.0364. The number of nitrogens with one attached hydrogen (secondary N) is 1. The van der Waals surface area contributed by atoms with Crippen LogP contribution in [0.5, 0.6) is 0 Å². The molecule has 3 amide bonds. The van der Waals surface area contributed by atoms with Gasteiger partial charge in [0, 0.05) is 19.7 Å². The summed E-state index contributed by atoms with van der Waals surface area (Å²) in [6.07, 6.45) is 4.59. The number of amides is 3. The van der Waals surface area contributed by atoms with E-state index >= 15 is 0 Å². The minimum atomic E-state index is -3.34. The third-order valence-corrected chi connectivity index (χ3v) is 5.16. The van der Waals surface area contributed by atoms with Gasteiger partial charge in [-0.15, -0.1) is 0 Å². The highest BCUT2D eigenvalue weighted by molar-refractivity contribution is 7.85. The first-order valence-electron chi connectivity index (χ1n) is 10.1. The SMILES string of the molecule is CN(CCOCCCCCCOS(C)(=O)=O)Cc1cccc(N2C(=O)CNC2=O)c1. The average molecular weight is 442 g/mol. The highest BCUT2D eigenvalue weighted by Gasteiger charge is 2.29. The van der Waals surface area contributed by atoms with Gasteiger partial charge in [0.15, 0.2) is 0 Å². The van der Waals surface area contributed by atoms with Crippen molar-refractivity contribution in [1.82, 2.24) is 10.2 Å². The lowest BCUT2D eigenvalue weighted by atomic mass is 10.2. The zero-order chi connectivity index (χ0) is 22.0. The van der Waals surface area contributed by atoms with E-state index in [0.717, 1.165) is 44.0 Å². The van der Waals surface area contributed by atoms with Gasteiger partial charge >= 0.3 is 6.03 Å². The molecule has 1 aromatic carbocycles. The van der Waals surface area contributed by atoms with Gasteiger partial charge in [-0.1, -0.05) is 25.0 Å². The molecule has 10 heteroatoms. The second-order valence-corrected chi connectivity index (χ2v) is 8.99. The minimum Gasteiger partial charge on any atom is -0.380 e. The van der Waals surface area contributed by atoms with Crippen molar-refractivity contribution in [2.24, 2.45) is 0 Å². The molecular formula is C20H31N3O6S. The number of carbonyl (C=O) groups excluding carboxylic acids is 2. The monoisotopic (exact) mass is 441 g/mol. The van der Waals surface area contributed by atoms with E-state index in [9.17, 15) is 18.0 Å². The Morgan fingerprint density at radius 3 is 2.50 bits per heavy atom. The van der Waals surface area contributed by atoms with Gasteiger partial charge in [-0.2, -0.15) is 8.42 Å². The Morgan fingerprint density at radius 1 is 1.10 bits per heavy atom. The van der Waals surface area contributed by atoms with Crippen molar-refractivity contribution in [2.45, 2.75) is 32.2 Å². The van der Waals surface area contributed by atoms with Crippen molar-refractivity contribution in [2.75, 3.05) is 51.1 Å². The number of rotatable bonds is 14. The van der Waals surface area contributed by atoms with E-state index in [2.05, 4.69) is 10.2 Å². The summed E-state index contributed by atoms with van der Waals surface area (Å²) in [6, 6.07) is 7.03. The number of hydrogen-bond acceptors (Lipinski definition) is 7. The summed E-state index contributed by atoms with van der Waals surface area (Å²) in [4.78, 5) is 26.9. The van der Waals surface area contributed by atoms with E-state index in [1.807, 2.05) is 25.2 Å². The van der Waals surface area contributed by atoms with Gasteiger partial charge in [-0.3, -0.25) is 13.9 Å². The zero-order valence-corrected chi connectivity index (χ0v) is 18.4. The molecule has 9 nitrogen and oxygen atoms in total. The second-order valence-electron chi connectivity index (χ2n) is 7.35. The molecule has 0 aromatic heterocycles. The van der Waals surface area contributed by atoms with E-state index in [4.69, 9.17) is 8.92 Å². The summed E-state index contributed by atoms with van der Waals surface area (Å²) in [7, 11) is -1.34. The Bertz CT molecular complexity index is 799. The maximum atomic E-state index is 11.8. The molecule has 1 fully saturated rings. The zero-order valence-electron chi connectivity index (χ0n) is 17.6. The van der Waals surface area contributed by atoms with Crippen LogP contribution in [-0.2, 0) is 30.4 Å². The van der Waals surface area contributed by atoms with Gasteiger partial charge in [0.05, 0.1) is 31.7 Å². The molecule has 0 unspecified atom stereocenters. The quantitative estimate of drug-likeness (QED) is 0.266. The number of benzene rings is 1. The molecule has 1 aromatic rings. The van der Waals surface area contributed by atoms with Crippen molar-refractivity contribution in [3.63, 3.8) is 0 Å². The number of ether oxygens (including phenoxy) is 1. The Morgan fingerprint density at radius 2 is 1.83 bits per heavy atom. The normalized spacial score (nSPS) is 14.6. The summed E-state index contributed by atoms with van der Waals surface area (Å²) in [5.41, 5.74) is 1.60. The standard InChI is InChI=1S/C20H31N3O6S/c1-22(10-13-28-11-5-3-4-6-12-29-30(2,26)27)16-17-8-7-9-18(14-17)23-19(24)15-21-20(23)25/h7-9,14H,3-6,10-13,15-16H2,1-2H3,(H,21,25). The Kier molecular flexibility index (Phi) is 9.70. The van der Waals surface area contributed by atoms with Gasteiger partial charge in [0.1, 0.15) is 0 Å². The fourth-order valence-electron chi connectivity index (χ4n) is 3.06. The molecule has 30 heavy (non-hydrogen) atoms. The lowest BCUT2D eigenvalue weighted by Crippen LogP contribution is -2.30. The molecule has 1 aliphatic heterocycles. The Balaban J connectivity index is 1.58. The predicted octanol–water partition coefficient (Wildman–Crippen LogP) is 1.73. The van der Waals surface area contributed by atoms with Gasteiger partial charge in [0.2, 0.25) is 0 Å². The summed E-state index contributed by atoms with van der Waals surface area (Å²) in [5, 5.41) is 2.52. The van der Waals surface area contributed by atoms with Crippen LogP contribution in [0.25, 0.3) is 0 Å². The van der Waals surface area contributed by atoms with Crippen molar-refractivity contribution in [3.8, 4) is 0 Å². The first-order valence-corrected chi connectivity index (χ1v) is 11.9. The van der Waals surface area contributed by atoms with E-state index in [0.29, 0.717) is 25.4 Å². The fraction of sp³-hybridized carbons (Fsp3) is 0.600. The molecule has 0 radical (unpaired) electrons. The summed E-state index contributed by atoms with van der Waals surface area (Å²) >= 11 is 0. The molecule has 0 atom stereocenters. The van der Waals surface area contributed by atoms with Gasteiger partial charge in [0.25, 0.3) is 16.0 Å². The number of nitrogens with zero attached hydrogens (tertiary/aromatic N) is 2. The smallest absolute Gasteiger partial charge is 0.329 e. The average Bonchev–Trinajstić information content (AvgIpc) is 3.01. The highest BCUT2D eigenvalue weighted by Crippen LogP contribution is 2.19. The number of urea groups is 1. The third-order valence-electron chi connectivity index (χ3n) is 4.56. The molecule has 0 bridgehead atoms. The van der Waals surface area contributed by atoms with E-state index in [1.54, 1.807) is 6.07 Å². The molecule has 1 N–H and O–H groups in total. The second kappa shape index (κ2) is 12.0. The van der Waals surface area contributed by atoms with Gasteiger partial charge in [-0.25, -0.2) is 9.69 Å². The van der Waals surface area contributed by atoms with Crippen LogP contribution in [0, 0.1) is 0 Å². The van der Waals surface area contributed by atoms with Crippen LogP contribution in [0.1, 0.15) is 31.2 Å². The summed E-state index contributed by atoms with van der Waals surface area (Å²) in [5.74, 6) is -0.248. The lowest BCUT2D eigenvalue weighted by molar-refractivity contribution is -0.115. The van der Waals surface area contributed by atoms with Crippen LogP contribution in [0.3, 0.4) is 0 Å². The maximum Gasteiger partial charge on any atom is 0.329 e. The first-order chi connectivity index (χ1) is 14.3. The first kappa shape index (κ1) is 24.3. The van der Waals surface area contributed by atoms with Gasteiger partial charge in [-0.05, 0) is 37.6 Å². The van der Waals surface area contributed by atoms with Crippen molar-refractivity contribution in [1.29, 1.82) is 0 Å². The molecule has 1 aliphatic rings. The molecule has 1 saturated heterocycles. The highest BCUT2D eigenvalue weighted by atomic mass is 32.2. The van der Waals surface area contributed by atoms with Crippen LogP contribution < -0.4 is 10.2 Å². The molecule has 2 rings (SSSR count). The molecule has 168 valence electrons. The molecular weight excluding hydrogens is 410 g/mol. The molecule has 0 aliphatic carbocycles. The number of anilines is 1. The van der Waals surface area contributed by atoms with E-state index in [1.165, 1.54) is 4.90 Å². The molecule has 0 saturated carbocycles. The molecule has 0 spiro atoms. The molecule has 1 heterocycles. The maximum absolute atomic E-state index is 11.8. The number of hydrogen-bond donors (Lipinski definition) is 1. The Labute approximate surface area is 178 Å². The number of imide groups is 1.